The quantitative estimate of drug-likeness (QED) is 0.444. The third kappa shape index (κ3) is 5.60. The molecule has 0 aliphatic heterocycles. The zero-order chi connectivity index (χ0) is 10.1. The number of unbranched alkanes of at least 4 members (excludes halogenated alkanes) is 1. The van der Waals surface area contributed by atoms with Gasteiger partial charge in [-0.2, -0.15) is 0 Å². The molecule has 0 aromatic heterocycles. The van der Waals surface area contributed by atoms with E-state index in [-0.39, 0.29) is 12.0 Å². The lowest BCUT2D eigenvalue weighted by atomic mass is 10.1. The van der Waals surface area contributed by atoms with Crippen LogP contribution in [0.25, 0.3) is 0 Å². The lowest BCUT2D eigenvalue weighted by Crippen LogP contribution is -2.35. The minimum absolute atomic E-state index is 0.165. The van der Waals surface area contributed by atoms with Gasteiger partial charge >= 0.3 is 5.97 Å². The van der Waals surface area contributed by atoms with Crippen molar-refractivity contribution in [2.24, 2.45) is 5.73 Å². The van der Waals surface area contributed by atoms with Crippen LogP contribution in [0, 0.1) is 0 Å². The number of rotatable bonds is 7. The molecule has 0 rings (SSSR count). The zero-order valence-electron chi connectivity index (χ0n) is 8.51. The van der Waals surface area contributed by atoms with Gasteiger partial charge in [-0.3, -0.25) is 4.79 Å². The van der Waals surface area contributed by atoms with E-state index < -0.39 is 0 Å². The van der Waals surface area contributed by atoms with Gasteiger partial charge in [-0.25, -0.2) is 0 Å². The Morgan fingerprint density at radius 1 is 1.54 bits per heavy atom. The lowest BCUT2D eigenvalue weighted by molar-refractivity contribution is -0.145. The fraction of sp³-hybridized carbons (Fsp3) is 0.889. The summed E-state index contributed by atoms with van der Waals surface area (Å²) < 4.78 is 4.89. The Labute approximate surface area is 79.8 Å². The summed E-state index contributed by atoms with van der Waals surface area (Å²) in [7, 11) is 1.77. The van der Waals surface area contributed by atoms with Crippen molar-refractivity contribution >= 4 is 5.97 Å². The van der Waals surface area contributed by atoms with Crippen molar-refractivity contribution in [3.63, 3.8) is 0 Å². The topological polar surface area (TPSA) is 64.3 Å². The summed E-state index contributed by atoms with van der Waals surface area (Å²) in [6, 6.07) is -0.175. The first-order chi connectivity index (χ1) is 6.26. The highest BCUT2D eigenvalue weighted by molar-refractivity contribution is 5.75. The molecule has 0 aliphatic rings. The van der Waals surface area contributed by atoms with E-state index in [1.807, 2.05) is 6.92 Å². The molecule has 1 atom stereocenters. The fourth-order valence-corrected chi connectivity index (χ4v) is 1.12. The first-order valence-corrected chi connectivity index (χ1v) is 4.80. The summed E-state index contributed by atoms with van der Waals surface area (Å²) in [5.41, 5.74) is 5.35. The highest BCUT2D eigenvalue weighted by Crippen LogP contribution is 2.01. The van der Waals surface area contributed by atoms with Crippen LogP contribution in [0.1, 0.15) is 26.2 Å². The normalized spacial score (nSPS) is 12.5. The molecule has 0 spiro atoms. The highest BCUT2D eigenvalue weighted by atomic mass is 16.5. The number of nitrogens with two attached hydrogens (primary N) is 1. The zero-order valence-corrected chi connectivity index (χ0v) is 8.51. The molecule has 0 aromatic rings. The number of carbonyl (C=O) groups excluding carboxylic acids is 1. The van der Waals surface area contributed by atoms with Crippen molar-refractivity contribution in [1.82, 2.24) is 5.32 Å². The van der Waals surface area contributed by atoms with Crippen LogP contribution in [0.15, 0.2) is 0 Å². The van der Waals surface area contributed by atoms with E-state index in [0.29, 0.717) is 13.2 Å². The Morgan fingerprint density at radius 3 is 2.69 bits per heavy atom. The predicted molar refractivity (Wildman–Crippen MR) is 52.4 cm³/mol. The van der Waals surface area contributed by atoms with Crippen LogP contribution in [0.5, 0.6) is 0 Å². The number of carbonyl (C=O) groups is 1. The molecule has 0 bridgehead atoms. The number of hydrogen-bond donors (Lipinski definition) is 2. The maximum atomic E-state index is 11.3. The number of ether oxygens (including phenoxy) is 1. The summed E-state index contributed by atoms with van der Waals surface area (Å²) in [6.45, 7) is 2.93. The molecule has 0 saturated carbocycles. The van der Waals surface area contributed by atoms with Crippen molar-refractivity contribution < 1.29 is 9.53 Å². The molecule has 4 heteroatoms. The van der Waals surface area contributed by atoms with Gasteiger partial charge in [0.25, 0.3) is 0 Å². The molecular formula is C9H20N2O2. The molecule has 0 saturated heterocycles. The molecule has 4 nitrogen and oxygen atoms in total. The van der Waals surface area contributed by atoms with Crippen LogP contribution in [-0.2, 0) is 9.53 Å². The monoisotopic (exact) mass is 188 g/mol. The maximum Gasteiger partial charge on any atom is 0.323 e. The average Bonchev–Trinajstić information content (AvgIpc) is 2.13. The summed E-state index contributed by atoms with van der Waals surface area (Å²) in [5.74, 6) is -0.165. The number of likely N-dealkylation sites (N-methyl/N-ethyl adjacent to an activating group) is 1. The molecule has 0 aromatic carbocycles. The van der Waals surface area contributed by atoms with Gasteiger partial charge in [-0.15, -0.1) is 0 Å². The van der Waals surface area contributed by atoms with Crippen LogP contribution in [0.2, 0.25) is 0 Å². The molecule has 78 valence electrons. The van der Waals surface area contributed by atoms with E-state index in [0.717, 1.165) is 19.3 Å². The second-order valence-corrected chi connectivity index (χ2v) is 2.88. The van der Waals surface area contributed by atoms with Crippen molar-refractivity contribution in [1.29, 1.82) is 0 Å². The molecule has 0 fully saturated rings. The summed E-state index contributed by atoms with van der Waals surface area (Å²) in [4.78, 5) is 11.3. The van der Waals surface area contributed by atoms with Gasteiger partial charge in [0.15, 0.2) is 0 Å². The van der Waals surface area contributed by atoms with Crippen LogP contribution in [0.4, 0.5) is 0 Å². The van der Waals surface area contributed by atoms with Gasteiger partial charge < -0.3 is 15.8 Å². The number of hydrogen-bond acceptors (Lipinski definition) is 4. The van der Waals surface area contributed by atoms with Gasteiger partial charge in [-0.05, 0) is 33.4 Å². The van der Waals surface area contributed by atoms with E-state index >= 15 is 0 Å². The van der Waals surface area contributed by atoms with Gasteiger partial charge in [0.2, 0.25) is 0 Å². The fourth-order valence-electron chi connectivity index (χ4n) is 1.12. The Kier molecular flexibility index (Phi) is 7.63. The van der Waals surface area contributed by atoms with Crippen LogP contribution in [-0.4, -0.2) is 32.2 Å². The van der Waals surface area contributed by atoms with E-state index in [1.54, 1.807) is 7.05 Å². The molecule has 0 amide bonds. The molecule has 3 N–H and O–H groups in total. The summed E-state index contributed by atoms with van der Waals surface area (Å²) in [5, 5.41) is 2.93. The minimum Gasteiger partial charge on any atom is -0.465 e. The van der Waals surface area contributed by atoms with E-state index in [4.69, 9.17) is 10.5 Å². The van der Waals surface area contributed by atoms with Gasteiger partial charge in [-0.1, -0.05) is 6.42 Å². The Morgan fingerprint density at radius 2 is 2.23 bits per heavy atom. The summed E-state index contributed by atoms with van der Waals surface area (Å²) in [6.07, 6.45) is 2.71. The largest absolute Gasteiger partial charge is 0.465 e. The molecule has 13 heavy (non-hydrogen) atoms. The second kappa shape index (κ2) is 8.01. The van der Waals surface area contributed by atoms with Crippen LogP contribution < -0.4 is 11.1 Å². The van der Waals surface area contributed by atoms with Gasteiger partial charge in [0.1, 0.15) is 6.04 Å². The average molecular weight is 188 g/mol. The Balaban J connectivity index is 3.67. The van der Waals surface area contributed by atoms with Crippen molar-refractivity contribution in [3.8, 4) is 0 Å². The minimum atomic E-state index is -0.175. The first-order valence-electron chi connectivity index (χ1n) is 4.80. The molecule has 0 aliphatic carbocycles. The second-order valence-electron chi connectivity index (χ2n) is 2.88. The van der Waals surface area contributed by atoms with Gasteiger partial charge in [0.05, 0.1) is 6.61 Å². The predicted octanol–water partition coefficient (Wildman–Crippen LogP) is 0.267. The highest BCUT2D eigenvalue weighted by Gasteiger charge is 2.16. The van der Waals surface area contributed by atoms with Crippen LogP contribution >= 0.6 is 0 Å². The first kappa shape index (κ1) is 12.4. The van der Waals surface area contributed by atoms with Crippen molar-refractivity contribution in [2.75, 3.05) is 20.2 Å². The summed E-state index contributed by atoms with van der Waals surface area (Å²) >= 11 is 0. The standard InChI is InChI=1S/C9H20N2O2/c1-3-13-9(12)8(11-2)6-4-5-7-10/h8,11H,3-7,10H2,1-2H3. The molecule has 0 radical (unpaired) electrons. The van der Waals surface area contributed by atoms with E-state index in [1.165, 1.54) is 0 Å². The number of nitrogens with one attached hydrogen (secondary N) is 1. The maximum absolute atomic E-state index is 11.3. The van der Waals surface area contributed by atoms with Crippen LogP contribution in [0.3, 0.4) is 0 Å². The van der Waals surface area contributed by atoms with Gasteiger partial charge in [0, 0.05) is 0 Å². The van der Waals surface area contributed by atoms with Crippen molar-refractivity contribution in [2.45, 2.75) is 32.2 Å². The molecular weight excluding hydrogens is 168 g/mol. The van der Waals surface area contributed by atoms with E-state index in [2.05, 4.69) is 5.32 Å². The SMILES string of the molecule is CCOC(=O)C(CCCCN)NC. The van der Waals surface area contributed by atoms with E-state index in [9.17, 15) is 4.79 Å². The lowest BCUT2D eigenvalue weighted by Gasteiger charge is -2.13. The third-order valence-electron chi connectivity index (χ3n) is 1.87. The number of esters is 1. The Hall–Kier alpha value is -0.610. The Bertz CT molecular complexity index is 140. The van der Waals surface area contributed by atoms with Crippen molar-refractivity contribution in [3.05, 3.63) is 0 Å². The third-order valence-corrected chi connectivity index (χ3v) is 1.87. The molecule has 1 unspecified atom stereocenters. The molecule has 0 heterocycles. The smallest absolute Gasteiger partial charge is 0.323 e.